The number of carbonyl (C=O) groups is 1. The number of aliphatic hydroxyl groups excluding tert-OH is 1. The zero-order chi connectivity index (χ0) is 9.84. The van der Waals surface area contributed by atoms with Crippen molar-refractivity contribution in [2.24, 2.45) is 0 Å². The molecule has 2 unspecified atom stereocenters. The van der Waals surface area contributed by atoms with Crippen molar-refractivity contribution in [3.63, 3.8) is 0 Å². The van der Waals surface area contributed by atoms with Gasteiger partial charge in [0.1, 0.15) is 0 Å². The second-order valence-corrected chi connectivity index (χ2v) is 3.13. The summed E-state index contributed by atoms with van der Waals surface area (Å²) >= 11 is 0. The van der Waals surface area contributed by atoms with Crippen LogP contribution in [-0.4, -0.2) is 55.1 Å². The van der Waals surface area contributed by atoms with Crippen molar-refractivity contribution in [2.45, 2.75) is 19.1 Å². The van der Waals surface area contributed by atoms with Gasteiger partial charge in [-0.25, -0.2) is 4.79 Å². The van der Waals surface area contributed by atoms with Gasteiger partial charge in [0.05, 0.1) is 39.0 Å². The Morgan fingerprint density at radius 2 is 2.38 bits per heavy atom. The molecule has 1 N–H and O–H groups in total. The van der Waals surface area contributed by atoms with Crippen molar-refractivity contribution >= 4 is 6.09 Å². The number of aliphatic hydroxyl groups is 1. The van der Waals surface area contributed by atoms with E-state index in [0.29, 0.717) is 13.1 Å². The number of amides is 1. The second kappa shape index (κ2) is 4.43. The normalized spacial score (nSPS) is 28.7. The summed E-state index contributed by atoms with van der Waals surface area (Å²) in [6.07, 6.45) is -0.707. The third kappa shape index (κ3) is 2.57. The molecule has 1 heterocycles. The molecular formula is C8H15NO4. The van der Waals surface area contributed by atoms with Gasteiger partial charge in [0.25, 0.3) is 0 Å². The molecule has 0 bridgehead atoms. The predicted octanol–water partition coefficient (Wildman–Crippen LogP) is -0.166. The van der Waals surface area contributed by atoms with E-state index in [-0.39, 0.29) is 24.9 Å². The summed E-state index contributed by atoms with van der Waals surface area (Å²) in [7, 11) is 1.34. The van der Waals surface area contributed by atoms with Crippen molar-refractivity contribution in [2.75, 3.05) is 26.8 Å². The van der Waals surface area contributed by atoms with Gasteiger partial charge in [0.2, 0.25) is 0 Å². The summed E-state index contributed by atoms with van der Waals surface area (Å²) in [6.45, 7) is 2.70. The van der Waals surface area contributed by atoms with Crippen LogP contribution in [0.15, 0.2) is 0 Å². The highest BCUT2D eigenvalue weighted by molar-refractivity contribution is 5.67. The van der Waals surface area contributed by atoms with E-state index in [1.54, 1.807) is 0 Å². The van der Waals surface area contributed by atoms with Crippen LogP contribution in [0.5, 0.6) is 0 Å². The summed E-state index contributed by atoms with van der Waals surface area (Å²) < 4.78 is 9.94. The van der Waals surface area contributed by atoms with E-state index in [1.807, 2.05) is 6.92 Å². The van der Waals surface area contributed by atoms with Crippen LogP contribution in [0.1, 0.15) is 6.92 Å². The van der Waals surface area contributed by atoms with Gasteiger partial charge in [0.15, 0.2) is 0 Å². The second-order valence-electron chi connectivity index (χ2n) is 3.13. The SMILES string of the molecule is COC(=O)N1CC(C)OC(CO)C1. The van der Waals surface area contributed by atoms with Gasteiger partial charge in [0, 0.05) is 0 Å². The third-order valence-electron chi connectivity index (χ3n) is 1.96. The number of hydrogen-bond acceptors (Lipinski definition) is 4. The van der Waals surface area contributed by atoms with Crippen LogP contribution in [0.3, 0.4) is 0 Å². The molecule has 1 saturated heterocycles. The van der Waals surface area contributed by atoms with Crippen LogP contribution in [0.4, 0.5) is 4.79 Å². The molecule has 1 aliphatic rings. The first-order chi connectivity index (χ1) is 6.17. The maximum atomic E-state index is 11.1. The fourth-order valence-electron chi connectivity index (χ4n) is 1.42. The van der Waals surface area contributed by atoms with Crippen LogP contribution in [0.25, 0.3) is 0 Å². The van der Waals surface area contributed by atoms with Gasteiger partial charge in [-0.15, -0.1) is 0 Å². The predicted molar refractivity (Wildman–Crippen MR) is 45.4 cm³/mol. The molecule has 1 rings (SSSR count). The minimum atomic E-state index is -0.367. The summed E-state index contributed by atoms with van der Waals surface area (Å²) in [5.74, 6) is 0. The number of methoxy groups -OCH3 is 1. The van der Waals surface area contributed by atoms with Crippen molar-refractivity contribution < 1.29 is 19.4 Å². The van der Waals surface area contributed by atoms with E-state index in [2.05, 4.69) is 4.74 Å². The van der Waals surface area contributed by atoms with E-state index < -0.39 is 0 Å². The van der Waals surface area contributed by atoms with Crippen molar-refractivity contribution in [3.8, 4) is 0 Å². The van der Waals surface area contributed by atoms with E-state index in [9.17, 15) is 4.79 Å². The molecule has 0 aromatic rings. The average Bonchev–Trinajstić information content (AvgIpc) is 2.15. The van der Waals surface area contributed by atoms with Gasteiger partial charge < -0.3 is 19.5 Å². The maximum Gasteiger partial charge on any atom is 0.409 e. The molecule has 1 fully saturated rings. The monoisotopic (exact) mass is 189 g/mol. The van der Waals surface area contributed by atoms with Gasteiger partial charge >= 0.3 is 6.09 Å². The molecule has 0 aromatic heterocycles. The highest BCUT2D eigenvalue weighted by atomic mass is 16.5. The lowest BCUT2D eigenvalue weighted by Crippen LogP contribution is -2.50. The lowest BCUT2D eigenvalue weighted by Gasteiger charge is -2.34. The van der Waals surface area contributed by atoms with E-state index in [1.165, 1.54) is 12.0 Å². The van der Waals surface area contributed by atoms with E-state index in [0.717, 1.165) is 0 Å². The quantitative estimate of drug-likeness (QED) is 0.622. The van der Waals surface area contributed by atoms with Crippen LogP contribution in [-0.2, 0) is 9.47 Å². The number of rotatable bonds is 1. The van der Waals surface area contributed by atoms with Crippen LogP contribution in [0, 0.1) is 0 Å². The van der Waals surface area contributed by atoms with Crippen LogP contribution < -0.4 is 0 Å². The zero-order valence-corrected chi connectivity index (χ0v) is 7.90. The standard InChI is InChI=1S/C8H15NO4/c1-6-3-9(8(11)12-2)4-7(5-10)13-6/h6-7,10H,3-5H2,1-2H3. The first kappa shape index (κ1) is 10.3. The van der Waals surface area contributed by atoms with Gasteiger partial charge in [-0.1, -0.05) is 0 Å². The topological polar surface area (TPSA) is 59.0 Å². The summed E-state index contributed by atoms with van der Waals surface area (Å²) in [6, 6.07) is 0. The first-order valence-electron chi connectivity index (χ1n) is 4.26. The Labute approximate surface area is 77.2 Å². The molecule has 1 aliphatic heterocycles. The van der Waals surface area contributed by atoms with E-state index >= 15 is 0 Å². The molecule has 0 radical (unpaired) electrons. The Morgan fingerprint density at radius 1 is 1.69 bits per heavy atom. The minimum Gasteiger partial charge on any atom is -0.453 e. The molecule has 0 saturated carbocycles. The summed E-state index contributed by atoms with van der Waals surface area (Å²) in [4.78, 5) is 12.7. The summed E-state index contributed by atoms with van der Waals surface area (Å²) in [5.41, 5.74) is 0. The Hall–Kier alpha value is -0.810. The Morgan fingerprint density at radius 3 is 2.92 bits per heavy atom. The molecule has 0 spiro atoms. The maximum absolute atomic E-state index is 11.1. The average molecular weight is 189 g/mol. The molecule has 1 amide bonds. The van der Waals surface area contributed by atoms with Crippen LogP contribution >= 0.6 is 0 Å². The first-order valence-corrected chi connectivity index (χ1v) is 4.26. The van der Waals surface area contributed by atoms with Crippen molar-refractivity contribution in [1.29, 1.82) is 0 Å². The Balaban J connectivity index is 2.51. The van der Waals surface area contributed by atoms with Crippen LogP contribution in [0.2, 0.25) is 0 Å². The summed E-state index contributed by atoms with van der Waals surface area (Å²) in [5, 5.41) is 8.88. The third-order valence-corrected chi connectivity index (χ3v) is 1.96. The largest absolute Gasteiger partial charge is 0.453 e. The fourth-order valence-corrected chi connectivity index (χ4v) is 1.42. The van der Waals surface area contributed by atoms with E-state index in [4.69, 9.17) is 9.84 Å². The number of nitrogens with zero attached hydrogens (tertiary/aromatic N) is 1. The van der Waals surface area contributed by atoms with Crippen molar-refractivity contribution in [1.82, 2.24) is 4.90 Å². The Kier molecular flexibility index (Phi) is 3.50. The number of ether oxygens (including phenoxy) is 2. The lowest BCUT2D eigenvalue weighted by atomic mass is 10.2. The fraction of sp³-hybridized carbons (Fsp3) is 0.875. The smallest absolute Gasteiger partial charge is 0.409 e. The zero-order valence-electron chi connectivity index (χ0n) is 7.90. The molecular weight excluding hydrogens is 174 g/mol. The Bertz CT molecular complexity index is 185. The van der Waals surface area contributed by atoms with Gasteiger partial charge in [-0.2, -0.15) is 0 Å². The minimum absolute atomic E-state index is 0.0509. The molecule has 5 nitrogen and oxygen atoms in total. The molecule has 0 aromatic carbocycles. The van der Waals surface area contributed by atoms with Crippen molar-refractivity contribution in [3.05, 3.63) is 0 Å². The highest BCUT2D eigenvalue weighted by Crippen LogP contribution is 2.11. The molecule has 0 aliphatic carbocycles. The molecule has 76 valence electrons. The lowest BCUT2D eigenvalue weighted by molar-refractivity contribution is -0.0889. The molecule has 2 atom stereocenters. The number of morpholine rings is 1. The molecule has 13 heavy (non-hydrogen) atoms. The van der Waals surface area contributed by atoms with Gasteiger partial charge in [-0.3, -0.25) is 0 Å². The number of hydrogen-bond donors (Lipinski definition) is 1. The highest BCUT2D eigenvalue weighted by Gasteiger charge is 2.28. The van der Waals surface area contributed by atoms with Gasteiger partial charge in [-0.05, 0) is 6.92 Å². The molecule has 5 heteroatoms. The number of carbonyl (C=O) groups excluding carboxylic acids is 1.